The lowest BCUT2D eigenvalue weighted by Gasteiger charge is -2.17. The highest BCUT2D eigenvalue weighted by Gasteiger charge is 2.23. The zero-order chi connectivity index (χ0) is 18.4. The van der Waals surface area contributed by atoms with E-state index < -0.39 is 0 Å². The zero-order valence-corrected chi connectivity index (χ0v) is 15.0. The summed E-state index contributed by atoms with van der Waals surface area (Å²) < 4.78 is 11.2. The van der Waals surface area contributed by atoms with Gasteiger partial charge in [0.1, 0.15) is 11.8 Å². The van der Waals surface area contributed by atoms with E-state index >= 15 is 0 Å². The Morgan fingerprint density at radius 3 is 2.92 bits per heavy atom. The van der Waals surface area contributed by atoms with Crippen molar-refractivity contribution in [1.29, 1.82) is 5.26 Å². The first-order valence-corrected chi connectivity index (χ1v) is 8.94. The molecule has 2 heterocycles. The average Bonchev–Trinajstić information content (AvgIpc) is 3.21. The molecule has 1 atom stereocenters. The lowest BCUT2D eigenvalue weighted by Crippen LogP contribution is -2.23. The van der Waals surface area contributed by atoms with E-state index in [0.717, 1.165) is 66.9 Å². The standard InChI is InChI=1S/C19H25N5O2/c1-25-18-9-16-17(8-15(18)13-4-7-26-12-13)23-11-14(10-20)19(16)22-5-2-3-6-24-21/h8-9,11,13,24H,2-7,12,21H2,1H3,(H,22,23). The molecule has 1 aliphatic rings. The number of nitriles is 1. The van der Waals surface area contributed by atoms with Gasteiger partial charge in [0.25, 0.3) is 0 Å². The quantitative estimate of drug-likeness (QED) is 0.379. The Hall–Kier alpha value is -2.40. The van der Waals surface area contributed by atoms with Gasteiger partial charge < -0.3 is 14.8 Å². The molecule has 26 heavy (non-hydrogen) atoms. The van der Waals surface area contributed by atoms with Crippen LogP contribution in [0.1, 0.15) is 36.3 Å². The predicted octanol–water partition coefficient (Wildman–Crippen LogP) is 2.27. The van der Waals surface area contributed by atoms with Gasteiger partial charge in [-0.05, 0) is 31.4 Å². The fourth-order valence-electron chi connectivity index (χ4n) is 3.35. The van der Waals surface area contributed by atoms with E-state index in [1.54, 1.807) is 13.3 Å². The van der Waals surface area contributed by atoms with Crippen LogP contribution in [0.2, 0.25) is 0 Å². The molecule has 0 amide bonds. The third-order valence-corrected chi connectivity index (χ3v) is 4.76. The van der Waals surface area contributed by atoms with Gasteiger partial charge in [-0.15, -0.1) is 0 Å². The molecule has 1 saturated heterocycles. The summed E-state index contributed by atoms with van der Waals surface area (Å²) in [6, 6.07) is 6.28. The van der Waals surface area contributed by atoms with Gasteiger partial charge in [0.2, 0.25) is 0 Å². The minimum Gasteiger partial charge on any atom is -0.496 e. The summed E-state index contributed by atoms with van der Waals surface area (Å²) in [5, 5.41) is 13.8. The molecular weight excluding hydrogens is 330 g/mol. The van der Waals surface area contributed by atoms with Crippen LogP contribution in [-0.2, 0) is 4.74 Å². The highest BCUT2D eigenvalue weighted by molar-refractivity contribution is 5.95. The van der Waals surface area contributed by atoms with E-state index in [9.17, 15) is 5.26 Å². The Labute approximate surface area is 153 Å². The Kier molecular flexibility index (Phi) is 6.23. The molecule has 7 nitrogen and oxygen atoms in total. The van der Waals surface area contributed by atoms with Crippen molar-refractivity contribution in [2.75, 3.05) is 38.7 Å². The maximum atomic E-state index is 9.47. The van der Waals surface area contributed by atoms with Gasteiger partial charge in [-0.3, -0.25) is 16.3 Å². The molecule has 1 aliphatic heterocycles. The van der Waals surface area contributed by atoms with Crippen LogP contribution in [0.25, 0.3) is 10.9 Å². The molecule has 2 aromatic rings. The van der Waals surface area contributed by atoms with Crippen LogP contribution in [0.5, 0.6) is 5.75 Å². The third kappa shape index (κ3) is 3.88. The first-order valence-electron chi connectivity index (χ1n) is 8.94. The highest BCUT2D eigenvalue weighted by Crippen LogP contribution is 2.37. The minimum atomic E-state index is 0.326. The Bertz CT molecular complexity index is 797. The number of hydrogen-bond donors (Lipinski definition) is 3. The van der Waals surface area contributed by atoms with E-state index in [1.165, 1.54) is 0 Å². The first-order chi connectivity index (χ1) is 12.8. The van der Waals surface area contributed by atoms with E-state index in [4.69, 9.17) is 15.3 Å². The van der Waals surface area contributed by atoms with Crippen LogP contribution >= 0.6 is 0 Å². The Morgan fingerprint density at radius 2 is 2.23 bits per heavy atom. The van der Waals surface area contributed by atoms with Gasteiger partial charge >= 0.3 is 0 Å². The summed E-state index contributed by atoms with van der Waals surface area (Å²) in [6.45, 7) is 3.01. The second-order valence-corrected chi connectivity index (χ2v) is 6.42. The zero-order valence-electron chi connectivity index (χ0n) is 15.0. The van der Waals surface area contributed by atoms with Gasteiger partial charge in [-0.2, -0.15) is 5.26 Å². The number of anilines is 1. The molecule has 0 spiro atoms. The van der Waals surface area contributed by atoms with Crippen molar-refractivity contribution in [3.63, 3.8) is 0 Å². The molecule has 3 rings (SSSR count). The molecule has 0 aliphatic carbocycles. The number of nitrogens with zero attached hydrogens (tertiary/aromatic N) is 2. The van der Waals surface area contributed by atoms with Crippen LogP contribution in [0.3, 0.4) is 0 Å². The number of fused-ring (bicyclic) bond motifs is 1. The number of pyridine rings is 1. The number of ether oxygens (including phenoxy) is 2. The van der Waals surface area contributed by atoms with Crippen molar-refractivity contribution in [2.45, 2.75) is 25.2 Å². The van der Waals surface area contributed by atoms with Crippen molar-refractivity contribution in [2.24, 2.45) is 5.84 Å². The molecule has 0 radical (unpaired) electrons. The molecule has 0 saturated carbocycles. The number of benzene rings is 1. The second-order valence-electron chi connectivity index (χ2n) is 6.42. The number of hydrazine groups is 1. The van der Waals surface area contributed by atoms with E-state index in [1.807, 2.05) is 6.07 Å². The SMILES string of the molecule is COc1cc2c(NCCCCNN)c(C#N)cnc2cc1C1CCOC1. The Balaban J connectivity index is 1.95. The molecule has 1 aromatic carbocycles. The molecule has 1 fully saturated rings. The van der Waals surface area contributed by atoms with Crippen LogP contribution in [-0.4, -0.2) is 38.4 Å². The van der Waals surface area contributed by atoms with E-state index in [0.29, 0.717) is 18.1 Å². The first kappa shape index (κ1) is 18.4. The van der Waals surface area contributed by atoms with Crippen molar-refractivity contribution in [3.8, 4) is 11.8 Å². The van der Waals surface area contributed by atoms with Crippen LogP contribution in [0.15, 0.2) is 18.3 Å². The highest BCUT2D eigenvalue weighted by atomic mass is 16.5. The monoisotopic (exact) mass is 355 g/mol. The molecule has 1 aromatic heterocycles. The topological polar surface area (TPSA) is 105 Å². The average molecular weight is 355 g/mol. The van der Waals surface area contributed by atoms with Crippen LogP contribution in [0, 0.1) is 11.3 Å². The lowest BCUT2D eigenvalue weighted by atomic mass is 9.95. The number of methoxy groups -OCH3 is 1. The predicted molar refractivity (Wildman–Crippen MR) is 101 cm³/mol. The molecule has 138 valence electrons. The van der Waals surface area contributed by atoms with Crippen LogP contribution in [0.4, 0.5) is 5.69 Å². The Morgan fingerprint density at radius 1 is 1.38 bits per heavy atom. The van der Waals surface area contributed by atoms with Crippen molar-refractivity contribution in [3.05, 3.63) is 29.5 Å². The molecular formula is C19H25N5O2. The number of aromatic nitrogens is 1. The molecule has 1 unspecified atom stereocenters. The maximum Gasteiger partial charge on any atom is 0.123 e. The number of hydrogen-bond acceptors (Lipinski definition) is 7. The second kappa shape index (κ2) is 8.81. The van der Waals surface area contributed by atoms with Crippen molar-refractivity contribution >= 4 is 16.6 Å². The van der Waals surface area contributed by atoms with Gasteiger partial charge in [-0.25, -0.2) is 0 Å². The van der Waals surface area contributed by atoms with Gasteiger partial charge in [0.15, 0.2) is 0 Å². The van der Waals surface area contributed by atoms with Gasteiger partial charge in [0.05, 0.1) is 30.5 Å². The summed E-state index contributed by atoms with van der Waals surface area (Å²) in [7, 11) is 1.68. The smallest absolute Gasteiger partial charge is 0.123 e. The minimum absolute atomic E-state index is 0.326. The lowest BCUT2D eigenvalue weighted by molar-refractivity contribution is 0.193. The van der Waals surface area contributed by atoms with Crippen molar-refractivity contribution in [1.82, 2.24) is 10.4 Å². The van der Waals surface area contributed by atoms with Crippen LogP contribution < -0.4 is 21.3 Å². The van der Waals surface area contributed by atoms with Gasteiger partial charge in [-0.1, -0.05) is 0 Å². The number of rotatable bonds is 8. The van der Waals surface area contributed by atoms with E-state index in [2.05, 4.69) is 27.9 Å². The van der Waals surface area contributed by atoms with Gasteiger partial charge in [0, 0.05) is 42.8 Å². The van der Waals surface area contributed by atoms with Crippen molar-refractivity contribution < 1.29 is 9.47 Å². The third-order valence-electron chi connectivity index (χ3n) is 4.76. The molecule has 0 bridgehead atoms. The number of unbranched alkanes of at least 4 members (excludes halogenated alkanes) is 1. The summed E-state index contributed by atoms with van der Waals surface area (Å²) in [4.78, 5) is 4.49. The molecule has 4 N–H and O–H groups in total. The summed E-state index contributed by atoms with van der Waals surface area (Å²) in [5.41, 5.74) is 5.98. The summed E-state index contributed by atoms with van der Waals surface area (Å²) in [6.07, 6.45) is 4.53. The fraction of sp³-hybridized carbons (Fsp3) is 0.474. The normalized spacial score (nSPS) is 16.6. The fourth-order valence-corrected chi connectivity index (χ4v) is 3.35. The largest absolute Gasteiger partial charge is 0.496 e. The maximum absolute atomic E-state index is 9.47. The van der Waals surface area contributed by atoms with E-state index in [-0.39, 0.29) is 0 Å². The summed E-state index contributed by atoms with van der Waals surface area (Å²) in [5.74, 6) is 6.44. The summed E-state index contributed by atoms with van der Waals surface area (Å²) >= 11 is 0. The number of nitrogens with one attached hydrogen (secondary N) is 2. The molecule has 7 heteroatoms. The number of nitrogens with two attached hydrogens (primary N) is 1.